The highest BCUT2D eigenvalue weighted by atomic mass is 32.2. The zero-order valence-electron chi connectivity index (χ0n) is 14.8. The normalized spacial score (nSPS) is 18.1. The van der Waals surface area contributed by atoms with Crippen LogP contribution in [0.2, 0.25) is 0 Å². The number of rotatable bonds is 5. The zero-order chi connectivity index (χ0) is 19.6. The first-order chi connectivity index (χ1) is 13.6. The fourth-order valence-electron chi connectivity index (χ4n) is 3.15. The molecule has 3 aromatic rings. The van der Waals surface area contributed by atoms with Crippen LogP contribution < -0.4 is 5.32 Å². The molecule has 1 atom stereocenters. The molecule has 1 saturated heterocycles. The van der Waals surface area contributed by atoms with E-state index in [2.05, 4.69) is 15.3 Å². The second-order valence-electron chi connectivity index (χ2n) is 6.33. The van der Waals surface area contributed by atoms with E-state index in [0.29, 0.717) is 18.1 Å². The number of nitrogens with zero attached hydrogens (tertiary/aromatic N) is 3. The smallest absolute Gasteiger partial charge is 0.253 e. The van der Waals surface area contributed by atoms with Crippen molar-refractivity contribution in [2.75, 3.05) is 11.9 Å². The molecule has 10 heteroatoms. The summed E-state index contributed by atoms with van der Waals surface area (Å²) < 4.78 is 27.5. The SMILES string of the molecule is O=C(Nc1nc(-c2cccnc2)cs1)[C@H]1CCCCN1S(=O)(=O)c1cccs1. The summed E-state index contributed by atoms with van der Waals surface area (Å²) in [7, 11) is -3.68. The van der Waals surface area contributed by atoms with Gasteiger partial charge in [0, 0.05) is 29.9 Å². The molecule has 146 valence electrons. The molecule has 0 saturated carbocycles. The summed E-state index contributed by atoms with van der Waals surface area (Å²) in [5.41, 5.74) is 1.58. The Hall–Kier alpha value is -2.14. The predicted octanol–water partition coefficient (Wildman–Crippen LogP) is 3.45. The lowest BCUT2D eigenvalue weighted by Gasteiger charge is -2.32. The molecule has 0 aliphatic carbocycles. The van der Waals surface area contributed by atoms with E-state index in [-0.39, 0.29) is 10.1 Å². The van der Waals surface area contributed by atoms with Crippen LogP contribution in [0.25, 0.3) is 11.3 Å². The molecule has 4 heterocycles. The van der Waals surface area contributed by atoms with Gasteiger partial charge in [-0.3, -0.25) is 9.78 Å². The van der Waals surface area contributed by atoms with Crippen LogP contribution in [-0.4, -0.2) is 41.2 Å². The maximum absolute atomic E-state index is 12.9. The number of sulfonamides is 1. The minimum atomic E-state index is -3.68. The second-order valence-corrected chi connectivity index (χ2v) is 10.3. The van der Waals surface area contributed by atoms with Crippen LogP contribution in [0.4, 0.5) is 5.13 Å². The van der Waals surface area contributed by atoms with Crippen molar-refractivity contribution in [1.29, 1.82) is 0 Å². The molecule has 1 fully saturated rings. The standard InChI is InChI=1S/C18H18N4O3S3/c23-17(21-18-20-14(12-27-18)13-5-3-8-19-11-13)15-6-1-2-9-22(15)28(24,25)16-7-4-10-26-16/h3-5,7-8,10-12,15H,1-2,6,9H2,(H,20,21,23)/t15-/m1/s1. The van der Waals surface area contributed by atoms with Crippen molar-refractivity contribution in [2.45, 2.75) is 29.5 Å². The average molecular weight is 435 g/mol. The van der Waals surface area contributed by atoms with Gasteiger partial charge >= 0.3 is 0 Å². The Morgan fingerprint density at radius 1 is 1.21 bits per heavy atom. The lowest BCUT2D eigenvalue weighted by Crippen LogP contribution is -2.49. The first-order valence-electron chi connectivity index (χ1n) is 8.78. The first-order valence-corrected chi connectivity index (χ1v) is 12.0. The van der Waals surface area contributed by atoms with Gasteiger partial charge in [-0.15, -0.1) is 22.7 Å². The van der Waals surface area contributed by atoms with E-state index in [0.717, 1.165) is 35.4 Å². The van der Waals surface area contributed by atoms with Crippen molar-refractivity contribution in [2.24, 2.45) is 0 Å². The molecule has 0 spiro atoms. The van der Waals surface area contributed by atoms with E-state index in [1.807, 2.05) is 17.5 Å². The van der Waals surface area contributed by atoms with Gasteiger partial charge in [0.2, 0.25) is 5.91 Å². The summed E-state index contributed by atoms with van der Waals surface area (Å²) in [4.78, 5) is 21.4. The van der Waals surface area contributed by atoms with Gasteiger partial charge in [0.25, 0.3) is 10.0 Å². The molecule has 0 bridgehead atoms. The topological polar surface area (TPSA) is 92.3 Å². The summed E-state index contributed by atoms with van der Waals surface area (Å²) in [6, 6.07) is 6.26. The number of amides is 1. The molecule has 1 aliphatic rings. The fraction of sp³-hybridized carbons (Fsp3) is 0.278. The van der Waals surface area contributed by atoms with Crippen LogP contribution in [0.15, 0.2) is 51.6 Å². The lowest BCUT2D eigenvalue weighted by molar-refractivity contribution is -0.120. The number of carbonyl (C=O) groups excluding carboxylic acids is 1. The molecule has 1 amide bonds. The van der Waals surface area contributed by atoms with Gasteiger partial charge < -0.3 is 5.32 Å². The Balaban J connectivity index is 1.53. The Morgan fingerprint density at radius 2 is 2.11 bits per heavy atom. The molecule has 28 heavy (non-hydrogen) atoms. The molecule has 0 radical (unpaired) electrons. The summed E-state index contributed by atoms with van der Waals surface area (Å²) in [6.45, 7) is 0.344. The second kappa shape index (κ2) is 8.08. The van der Waals surface area contributed by atoms with E-state index in [4.69, 9.17) is 0 Å². The van der Waals surface area contributed by atoms with Gasteiger partial charge in [0.05, 0.1) is 5.69 Å². The third-order valence-corrected chi connectivity index (χ3v) is 8.54. The van der Waals surface area contributed by atoms with E-state index in [9.17, 15) is 13.2 Å². The molecular weight excluding hydrogens is 416 g/mol. The van der Waals surface area contributed by atoms with Gasteiger partial charge in [-0.05, 0) is 36.4 Å². The van der Waals surface area contributed by atoms with Crippen molar-refractivity contribution in [3.05, 3.63) is 47.4 Å². The molecule has 0 unspecified atom stereocenters. The van der Waals surface area contributed by atoms with E-state index in [1.165, 1.54) is 15.6 Å². The minimum Gasteiger partial charge on any atom is -0.301 e. The van der Waals surface area contributed by atoms with E-state index >= 15 is 0 Å². The summed E-state index contributed by atoms with van der Waals surface area (Å²) >= 11 is 2.47. The zero-order valence-corrected chi connectivity index (χ0v) is 17.3. The van der Waals surface area contributed by atoms with Crippen molar-refractivity contribution in [1.82, 2.24) is 14.3 Å². The van der Waals surface area contributed by atoms with Gasteiger partial charge in [-0.25, -0.2) is 13.4 Å². The van der Waals surface area contributed by atoms with Crippen molar-refractivity contribution >= 4 is 43.7 Å². The number of piperidine rings is 1. The van der Waals surface area contributed by atoms with Gasteiger partial charge in [0.1, 0.15) is 10.3 Å². The fourth-order valence-corrected chi connectivity index (χ4v) is 6.65. The van der Waals surface area contributed by atoms with Gasteiger partial charge in [-0.2, -0.15) is 4.31 Å². The quantitative estimate of drug-likeness (QED) is 0.664. The maximum Gasteiger partial charge on any atom is 0.253 e. The summed E-state index contributed by atoms with van der Waals surface area (Å²) in [6.07, 6.45) is 5.45. The third kappa shape index (κ3) is 3.86. The van der Waals surface area contributed by atoms with Crippen LogP contribution in [0.3, 0.4) is 0 Å². The highest BCUT2D eigenvalue weighted by Crippen LogP contribution is 2.29. The highest BCUT2D eigenvalue weighted by molar-refractivity contribution is 7.91. The summed E-state index contributed by atoms with van der Waals surface area (Å²) in [5, 5.41) is 6.81. The Bertz CT molecular complexity index is 1050. The number of carbonyl (C=O) groups is 1. The van der Waals surface area contributed by atoms with Crippen molar-refractivity contribution in [3.63, 3.8) is 0 Å². The number of nitrogens with one attached hydrogen (secondary N) is 1. The van der Waals surface area contributed by atoms with E-state index < -0.39 is 16.1 Å². The van der Waals surface area contributed by atoms with Gasteiger partial charge in [0.15, 0.2) is 5.13 Å². The number of pyridine rings is 1. The lowest BCUT2D eigenvalue weighted by atomic mass is 10.0. The molecular formula is C18H18N4O3S3. The third-order valence-electron chi connectivity index (χ3n) is 4.51. The van der Waals surface area contributed by atoms with Crippen molar-refractivity contribution in [3.8, 4) is 11.3 Å². The Labute approximate surface area is 171 Å². The monoisotopic (exact) mass is 434 g/mol. The van der Waals surface area contributed by atoms with E-state index in [1.54, 1.807) is 29.9 Å². The largest absolute Gasteiger partial charge is 0.301 e. The van der Waals surface area contributed by atoms with Crippen LogP contribution in [0, 0.1) is 0 Å². The van der Waals surface area contributed by atoms with Crippen LogP contribution in [0.5, 0.6) is 0 Å². The van der Waals surface area contributed by atoms with Crippen LogP contribution >= 0.6 is 22.7 Å². The number of thiazole rings is 1. The number of aromatic nitrogens is 2. The molecule has 3 aromatic heterocycles. The maximum atomic E-state index is 12.9. The molecule has 4 rings (SSSR count). The minimum absolute atomic E-state index is 0.264. The average Bonchev–Trinajstić information content (AvgIpc) is 3.41. The number of anilines is 1. The number of hydrogen-bond acceptors (Lipinski definition) is 7. The van der Waals surface area contributed by atoms with Crippen molar-refractivity contribution < 1.29 is 13.2 Å². The highest BCUT2D eigenvalue weighted by Gasteiger charge is 2.38. The predicted molar refractivity (Wildman–Crippen MR) is 110 cm³/mol. The number of thiophene rings is 1. The Kier molecular flexibility index (Phi) is 5.54. The number of hydrogen-bond donors (Lipinski definition) is 1. The van der Waals surface area contributed by atoms with Crippen LogP contribution in [-0.2, 0) is 14.8 Å². The molecule has 0 aromatic carbocycles. The first kappa shape index (κ1) is 19.2. The van der Waals surface area contributed by atoms with Gasteiger partial charge in [-0.1, -0.05) is 12.5 Å². The molecule has 1 aliphatic heterocycles. The molecule has 1 N–H and O–H groups in total. The van der Waals surface area contributed by atoms with Crippen LogP contribution in [0.1, 0.15) is 19.3 Å². The molecule has 7 nitrogen and oxygen atoms in total. The Morgan fingerprint density at radius 3 is 2.86 bits per heavy atom. The summed E-state index contributed by atoms with van der Waals surface area (Å²) in [5.74, 6) is -0.341.